The van der Waals surface area contributed by atoms with Crippen molar-refractivity contribution in [2.75, 3.05) is 26.7 Å². The standard InChI is InChI=1S/C23H29N3O4/c1-29-20-11-16-30-22(20)23(28)26-14-9-18(10-15-26)5-2-3-13-25-21(27)8-7-19-6-4-12-24-17-19/h4,6-8,11-12,16-18H,2-3,5,9-10,13-15H2,1H3,(H,25,27)/b8-7+. The fourth-order valence-electron chi connectivity index (χ4n) is 3.66. The van der Waals surface area contributed by atoms with Crippen molar-refractivity contribution in [1.82, 2.24) is 15.2 Å². The van der Waals surface area contributed by atoms with Crippen molar-refractivity contribution in [1.29, 1.82) is 0 Å². The van der Waals surface area contributed by atoms with Gasteiger partial charge >= 0.3 is 0 Å². The van der Waals surface area contributed by atoms with E-state index in [-0.39, 0.29) is 17.6 Å². The Bertz CT molecular complexity index is 839. The normalized spacial score (nSPS) is 14.8. The number of amides is 2. The monoisotopic (exact) mass is 411 g/mol. The van der Waals surface area contributed by atoms with Crippen LogP contribution in [0.4, 0.5) is 0 Å². The van der Waals surface area contributed by atoms with Crippen LogP contribution in [0.1, 0.15) is 48.2 Å². The molecule has 0 saturated carbocycles. The van der Waals surface area contributed by atoms with E-state index in [1.165, 1.54) is 19.4 Å². The van der Waals surface area contributed by atoms with Crippen molar-refractivity contribution >= 4 is 17.9 Å². The summed E-state index contributed by atoms with van der Waals surface area (Å²) in [6.45, 7) is 2.15. The molecule has 3 heterocycles. The second kappa shape index (κ2) is 11.2. The molecular weight excluding hydrogens is 382 g/mol. The molecule has 1 aliphatic rings. The van der Waals surface area contributed by atoms with Crippen LogP contribution in [0, 0.1) is 5.92 Å². The zero-order valence-corrected chi connectivity index (χ0v) is 17.4. The molecule has 0 aliphatic carbocycles. The number of piperidine rings is 1. The molecule has 7 heteroatoms. The average molecular weight is 412 g/mol. The number of aromatic nitrogens is 1. The molecule has 3 rings (SSSR count). The van der Waals surface area contributed by atoms with Crippen LogP contribution in [-0.2, 0) is 4.79 Å². The fourth-order valence-corrected chi connectivity index (χ4v) is 3.66. The summed E-state index contributed by atoms with van der Waals surface area (Å²) in [7, 11) is 1.54. The smallest absolute Gasteiger partial charge is 0.293 e. The lowest BCUT2D eigenvalue weighted by atomic mass is 9.91. The molecule has 0 spiro atoms. The van der Waals surface area contributed by atoms with Gasteiger partial charge < -0.3 is 19.4 Å². The Morgan fingerprint density at radius 3 is 2.87 bits per heavy atom. The maximum atomic E-state index is 12.6. The molecule has 2 aromatic rings. The predicted molar refractivity (Wildman–Crippen MR) is 114 cm³/mol. The van der Waals surface area contributed by atoms with E-state index in [2.05, 4.69) is 10.3 Å². The van der Waals surface area contributed by atoms with E-state index in [1.807, 2.05) is 17.0 Å². The molecule has 0 unspecified atom stereocenters. The van der Waals surface area contributed by atoms with E-state index in [0.29, 0.717) is 18.2 Å². The quantitative estimate of drug-likeness (QED) is 0.504. The van der Waals surface area contributed by atoms with Gasteiger partial charge in [0.1, 0.15) is 0 Å². The number of unbranched alkanes of at least 4 members (excludes halogenated alkanes) is 1. The number of pyridine rings is 1. The number of ether oxygens (including phenoxy) is 1. The van der Waals surface area contributed by atoms with Crippen LogP contribution in [0.5, 0.6) is 5.75 Å². The molecule has 2 aromatic heterocycles. The van der Waals surface area contributed by atoms with E-state index in [4.69, 9.17) is 9.15 Å². The predicted octanol–water partition coefficient (Wildman–Crippen LogP) is 3.54. The second-order valence-corrected chi connectivity index (χ2v) is 7.46. The maximum Gasteiger partial charge on any atom is 0.293 e. The molecule has 0 radical (unpaired) electrons. The summed E-state index contributed by atoms with van der Waals surface area (Å²) in [5.74, 6) is 1.20. The number of furan rings is 1. The van der Waals surface area contributed by atoms with E-state index >= 15 is 0 Å². The fraction of sp³-hybridized carbons (Fsp3) is 0.435. The van der Waals surface area contributed by atoms with Crippen molar-refractivity contribution in [2.24, 2.45) is 5.92 Å². The zero-order chi connectivity index (χ0) is 21.2. The molecule has 0 bridgehead atoms. The number of carbonyl (C=O) groups excluding carboxylic acids is 2. The first-order valence-corrected chi connectivity index (χ1v) is 10.4. The van der Waals surface area contributed by atoms with E-state index in [1.54, 1.807) is 24.5 Å². The highest BCUT2D eigenvalue weighted by Crippen LogP contribution is 2.26. The van der Waals surface area contributed by atoms with Gasteiger partial charge in [0.05, 0.1) is 13.4 Å². The molecule has 160 valence electrons. The Kier molecular flexibility index (Phi) is 8.06. The first-order chi connectivity index (χ1) is 14.7. The molecule has 0 aromatic carbocycles. The number of hydrogen-bond donors (Lipinski definition) is 1. The molecule has 1 N–H and O–H groups in total. The summed E-state index contributed by atoms with van der Waals surface area (Å²) in [5.41, 5.74) is 0.906. The van der Waals surface area contributed by atoms with Crippen LogP contribution >= 0.6 is 0 Å². The van der Waals surface area contributed by atoms with Gasteiger partial charge in [-0.05, 0) is 42.9 Å². The lowest BCUT2D eigenvalue weighted by molar-refractivity contribution is -0.116. The minimum Gasteiger partial charge on any atom is -0.493 e. The SMILES string of the molecule is COc1ccoc1C(=O)N1CCC(CCCCNC(=O)/C=C/c2cccnc2)CC1. The number of hydrogen-bond acceptors (Lipinski definition) is 5. The Morgan fingerprint density at radius 1 is 1.30 bits per heavy atom. The van der Waals surface area contributed by atoms with Crippen LogP contribution < -0.4 is 10.1 Å². The summed E-state index contributed by atoms with van der Waals surface area (Å²) in [6.07, 6.45) is 13.3. The summed E-state index contributed by atoms with van der Waals surface area (Å²) >= 11 is 0. The molecule has 1 aliphatic heterocycles. The summed E-state index contributed by atoms with van der Waals surface area (Å²) in [4.78, 5) is 30.3. The largest absolute Gasteiger partial charge is 0.493 e. The lowest BCUT2D eigenvalue weighted by Crippen LogP contribution is -2.38. The van der Waals surface area contributed by atoms with Gasteiger partial charge in [-0.25, -0.2) is 0 Å². The summed E-state index contributed by atoms with van der Waals surface area (Å²) < 4.78 is 10.5. The first kappa shape index (κ1) is 21.6. The highest BCUT2D eigenvalue weighted by molar-refractivity contribution is 5.94. The highest BCUT2D eigenvalue weighted by atomic mass is 16.5. The minimum absolute atomic E-state index is 0.0842. The molecule has 2 amide bonds. The maximum absolute atomic E-state index is 12.6. The van der Waals surface area contributed by atoms with Crippen molar-refractivity contribution in [3.8, 4) is 5.75 Å². The van der Waals surface area contributed by atoms with Gasteiger partial charge in [0.2, 0.25) is 11.7 Å². The highest BCUT2D eigenvalue weighted by Gasteiger charge is 2.27. The van der Waals surface area contributed by atoms with Crippen LogP contribution in [0.3, 0.4) is 0 Å². The van der Waals surface area contributed by atoms with E-state index in [0.717, 1.165) is 50.8 Å². The van der Waals surface area contributed by atoms with Gasteiger partial charge in [0, 0.05) is 44.2 Å². The van der Waals surface area contributed by atoms with Crippen LogP contribution in [0.25, 0.3) is 6.08 Å². The third kappa shape index (κ3) is 6.20. The summed E-state index contributed by atoms with van der Waals surface area (Å²) in [6, 6.07) is 5.40. The Labute approximate surface area is 177 Å². The molecule has 0 atom stereocenters. The number of rotatable bonds is 9. The van der Waals surface area contributed by atoms with Gasteiger partial charge in [0.25, 0.3) is 5.91 Å². The average Bonchev–Trinajstić information content (AvgIpc) is 3.27. The third-order valence-corrected chi connectivity index (χ3v) is 5.39. The van der Waals surface area contributed by atoms with Gasteiger partial charge in [-0.3, -0.25) is 14.6 Å². The second-order valence-electron chi connectivity index (χ2n) is 7.46. The van der Waals surface area contributed by atoms with Gasteiger partial charge in [-0.1, -0.05) is 18.9 Å². The van der Waals surface area contributed by atoms with Crippen molar-refractivity contribution in [3.63, 3.8) is 0 Å². The topological polar surface area (TPSA) is 84.7 Å². The lowest BCUT2D eigenvalue weighted by Gasteiger charge is -2.31. The molecule has 30 heavy (non-hydrogen) atoms. The van der Waals surface area contributed by atoms with Crippen LogP contribution in [-0.4, -0.2) is 48.4 Å². The van der Waals surface area contributed by atoms with Crippen molar-refractivity contribution in [3.05, 3.63) is 54.3 Å². The van der Waals surface area contributed by atoms with Gasteiger partial charge in [-0.2, -0.15) is 0 Å². The van der Waals surface area contributed by atoms with E-state index < -0.39 is 0 Å². The van der Waals surface area contributed by atoms with E-state index in [9.17, 15) is 9.59 Å². The third-order valence-electron chi connectivity index (χ3n) is 5.39. The Hall–Kier alpha value is -3.09. The molecule has 1 fully saturated rings. The number of methoxy groups -OCH3 is 1. The molecular formula is C23H29N3O4. The van der Waals surface area contributed by atoms with Crippen molar-refractivity contribution < 1.29 is 18.7 Å². The Morgan fingerprint density at radius 2 is 2.13 bits per heavy atom. The van der Waals surface area contributed by atoms with Crippen LogP contribution in [0.15, 0.2) is 47.3 Å². The first-order valence-electron chi connectivity index (χ1n) is 10.4. The zero-order valence-electron chi connectivity index (χ0n) is 17.4. The molecule has 7 nitrogen and oxygen atoms in total. The number of likely N-dealkylation sites (tertiary alicyclic amines) is 1. The minimum atomic E-state index is -0.0997. The number of nitrogens with one attached hydrogen (secondary N) is 1. The Balaban J connectivity index is 1.28. The van der Waals surface area contributed by atoms with Gasteiger partial charge in [0.15, 0.2) is 5.75 Å². The summed E-state index contributed by atoms with van der Waals surface area (Å²) in [5, 5.41) is 2.92. The number of nitrogens with zero attached hydrogens (tertiary/aromatic N) is 2. The van der Waals surface area contributed by atoms with Crippen LogP contribution in [0.2, 0.25) is 0 Å². The molecule has 1 saturated heterocycles. The van der Waals surface area contributed by atoms with Gasteiger partial charge in [-0.15, -0.1) is 0 Å². The number of carbonyl (C=O) groups is 2. The van der Waals surface area contributed by atoms with Crippen molar-refractivity contribution in [2.45, 2.75) is 32.1 Å².